The lowest BCUT2D eigenvalue weighted by Gasteiger charge is -2.05. The van der Waals surface area contributed by atoms with Crippen molar-refractivity contribution in [2.45, 2.75) is 4.90 Å². The number of thioether (sulfide) groups is 1. The lowest BCUT2D eigenvalue weighted by atomic mass is 10.2. The van der Waals surface area contributed by atoms with Gasteiger partial charge in [0.05, 0.1) is 0 Å². The first-order valence-corrected chi connectivity index (χ1v) is 5.30. The van der Waals surface area contributed by atoms with Gasteiger partial charge in [0.15, 0.2) is 11.5 Å². The minimum absolute atomic E-state index is 0.136. The van der Waals surface area contributed by atoms with E-state index in [1.807, 2.05) is 12.3 Å². The van der Waals surface area contributed by atoms with Gasteiger partial charge >= 0.3 is 0 Å². The number of benzene rings is 1. The van der Waals surface area contributed by atoms with Crippen LogP contribution in [0.4, 0.5) is 0 Å². The van der Waals surface area contributed by atoms with Crippen LogP contribution in [0.3, 0.4) is 0 Å². The smallest absolute Gasteiger partial charge is 0.184 e. The summed E-state index contributed by atoms with van der Waals surface area (Å²) >= 11 is 1.58. The zero-order valence-electron chi connectivity index (χ0n) is 7.56. The predicted molar refractivity (Wildman–Crippen MR) is 56.9 cm³/mol. The van der Waals surface area contributed by atoms with Crippen molar-refractivity contribution in [1.82, 2.24) is 4.98 Å². The number of aromatic nitrogens is 1. The second-order valence-electron chi connectivity index (χ2n) is 2.84. The Kier molecular flexibility index (Phi) is 2.21. The first-order chi connectivity index (χ1) is 6.74. The molecule has 0 spiro atoms. The van der Waals surface area contributed by atoms with Crippen molar-refractivity contribution in [1.29, 1.82) is 0 Å². The number of hydrogen-bond donors (Lipinski definition) is 2. The van der Waals surface area contributed by atoms with Crippen molar-refractivity contribution >= 4 is 22.7 Å². The molecule has 0 saturated carbocycles. The van der Waals surface area contributed by atoms with Crippen LogP contribution >= 0.6 is 11.8 Å². The SMILES string of the molecule is CSc1ccnc2c(O)c(O)ccc12. The van der Waals surface area contributed by atoms with Crippen LogP contribution in [-0.2, 0) is 0 Å². The van der Waals surface area contributed by atoms with Gasteiger partial charge in [0.25, 0.3) is 0 Å². The summed E-state index contributed by atoms with van der Waals surface area (Å²) in [4.78, 5) is 5.06. The van der Waals surface area contributed by atoms with Gasteiger partial charge in [-0.1, -0.05) is 0 Å². The van der Waals surface area contributed by atoms with E-state index >= 15 is 0 Å². The Labute approximate surface area is 85.4 Å². The van der Waals surface area contributed by atoms with Gasteiger partial charge in [-0.3, -0.25) is 4.98 Å². The topological polar surface area (TPSA) is 53.4 Å². The normalized spacial score (nSPS) is 10.6. The fourth-order valence-electron chi connectivity index (χ4n) is 1.35. The third-order valence-electron chi connectivity index (χ3n) is 2.04. The van der Waals surface area contributed by atoms with E-state index in [0.29, 0.717) is 5.52 Å². The molecular formula is C10H9NO2S. The van der Waals surface area contributed by atoms with Crippen LogP contribution < -0.4 is 0 Å². The van der Waals surface area contributed by atoms with Crippen LogP contribution in [0.2, 0.25) is 0 Å². The highest BCUT2D eigenvalue weighted by atomic mass is 32.2. The Bertz CT molecular complexity index is 485. The third-order valence-corrected chi connectivity index (χ3v) is 2.84. The highest BCUT2D eigenvalue weighted by Gasteiger charge is 2.08. The summed E-state index contributed by atoms with van der Waals surface area (Å²) in [6.07, 6.45) is 3.58. The van der Waals surface area contributed by atoms with E-state index in [1.165, 1.54) is 6.07 Å². The van der Waals surface area contributed by atoms with Crippen LogP contribution in [0.5, 0.6) is 11.5 Å². The van der Waals surface area contributed by atoms with Gasteiger partial charge in [-0.05, 0) is 24.5 Å². The van der Waals surface area contributed by atoms with Gasteiger partial charge in [-0.2, -0.15) is 0 Å². The molecule has 2 aromatic rings. The van der Waals surface area contributed by atoms with E-state index in [2.05, 4.69) is 4.98 Å². The molecule has 1 heterocycles. The number of rotatable bonds is 1. The molecule has 0 aliphatic heterocycles. The lowest BCUT2D eigenvalue weighted by Crippen LogP contribution is -1.82. The minimum Gasteiger partial charge on any atom is -0.504 e. The summed E-state index contributed by atoms with van der Waals surface area (Å²) in [5, 5.41) is 19.7. The summed E-state index contributed by atoms with van der Waals surface area (Å²) < 4.78 is 0. The van der Waals surface area contributed by atoms with Crippen molar-refractivity contribution in [2.75, 3.05) is 6.26 Å². The molecule has 0 aliphatic carbocycles. The largest absolute Gasteiger partial charge is 0.504 e. The highest BCUT2D eigenvalue weighted by Crippen LogP contribution is 2.35. The van der Waals surface area contributed by atoms with E-state index in [1.54, 1.807) is 24.0 Å². The number of pyridine rings is 1. The second-order valence-corrected chi connectivity index (χ2v) is 3.69. The average Bonchev–Trinajstić information content (AvgIpc) is 2.23. The summed E-state index contributed by atoms with van der Waals surface area (Å²) in [5.41, 5.74) is 0.442. The molecule has 1 aromatic carbocycles. The van der Waals surface area contributed by atoms with Crippen LogP contribution in [0.1, 0.15) is 0 Å². The van der Waals surface area contributed by atoms with Crippen molar-refractivity contribution in [3.05, 3.63) is 24.4 Å². The quantitative estimate of drug-likeness (QED) is 0.556. The first-order valence-electron chi connectivity index (χ1n) is 4.07. The Hall–Kier alpha value is -1.42. The molecule has 0 atom stereocenters. The molecule has 0 aliphatic rings. The standard InChI is InChI=1S/C10H9NO2S/c1-14-8-4-5-11-9-6(8)2-3-7(12)10(9)13/h2-5,12-13H,1H3. The maximum atomic E-state index is 9.56. The molecule has 0 bridgehead atoms. The summed E-state index contributed by atoms with van der Waals surface area (Å²) in [6, 6.07) is 5.10. The van der Waals surface area contributed by atoms with Crippen molar-refractivity contribution in [2.24, 2.45) is 0 Å². The van der Waals surface area contributed by atoms with Gasteiger partial charge < -0.3 is 10.2 Å². The molecule has 72 valence electrons. The zero-order chi connectivity index (χ0) is 10.1. The van der Waals surface area contributed by atoms with Gasteiger partial charge in [0.1, 0.15) is 5.52 Å². The molecule has 2 rings (SSSR count). The molecule has 0 saturated heterocycles. The fraction of sp³-hybridized carbons (Fsp3) is 0.100. The Morgan fingerprint density at radius 1 is 1.21 bits per heavy atom. The van der Waals surface area contributed by atoms with E-state index in [0.717, 1.165) is 10.3 Å². The third kappa shape index (κ3) is 1.28. The molecule has 4 heteroatoms. The number of nitrogens with zero attached hydrogens (tertiary/aromatic N) is 1. The predicted octanol–water partition coefficient (Wildman–Crippen LogP) is 2.37. The number of hydrogen-bond acceptors (Lipinski definition) is 4. The molecule has 1 aromatic heterocycles. The maximum absolute atomic E-state index is 9.56. The zero-order valence-corrected chi connectivity index (χ0v) is 8.38. The monoisotopic (exact) mass is 207 g/mol. The van der Waals surface area contributed by atoms with Gasteiger partial charge in [-0.25, -0.2) is 0 Å². The highest BCUT2D eigenvalue weighted by molar-refractivity contribution is 7.98. The minimum atomic E-state index is -0.154. The van der Waals surface area contributed by atoms with E-state index in [-0.39, 0.29) is 11.5 Å². The summed E-state index contributed by atoms with van der Waals surface area (Å²) in [5.74, 6) is -0.290. The van der Waals surface area contributed by atoms with E-state index in [4.69, 9.17) is 0 Å². The summed E-state index contributed by atoms with van der Waals surface area (Å²) in [6.45, 7) is 0. The molecule has 0 unspecified atom stereocenters. The molecule has 3 nitrogen and oxygen atoms in total. The van der Waals surface area contributed by atoms with Crippen molar-refractivity contribution in [3.8, 4) is 11.5 Å². The maximum Gasteiger partial charge on any atom is 0.184 e. The van der Waals surface area contributed by atoms with Gasteiger partial charge in [0, 0.05) is 16.5 Å². The molecular weight excluding hydrogens is 198 g/mol. The van der Waals surface area contributed by atoms with Crippen LogP contribution in [0.25, 0.3) is 10.9 Å². The van der Waals surface area contributed by atoms with Crippen LogP contribution in [0, 0.1) is 0 Å². The lowest BCUT2D eigenvalue weighted by molar-refractivity contribution is 0.407. The van der Waals surface area contributed by atoms with Gasteiger partial charge in [-0.15, -0.1) is 11.8 Å². The molecule has 0 radical (unpaired) electrons. The summed E-state index contributed by atoms with van der Waals surface area (Å²) in [7, 11) is 0. The molecule has 0 amide bonds. The number of phenolic OH excluding ortho intramolecular Hbond substituents is 2. The van der Waals surface area contributed by atoms with E-state index < -0.39 is 0 Å². The molecule has 2 N–H and O–H groups in total. The van der Waals surface area contributed by atoms with Gasteiger partial charge in [0.2, 0.25) is 0 Å². The first kappa shape index (κ1) is 9.15. The van der Waals surface area contributed by atoms with Crippen molar-refractivity contribution in [3.63, 3.8) is 0 Å². The molecule has 0 fully saturated rings. The average molecular weight is 207 g/mol. The second kappa shape index (κ2) is 3.38. The van der Waals surface area contributed by atoms with Crippen LogP contribution in [0.15, 0.2) is 29.3 Å². The Morgan fingerprint density at radius 2 is 2.00 bits per heavy atom. The number of aromatic hydroxyl groups is 2. The number of phenols is 2. The molecule has 14 heavy (non-hydrogen) atoms. The Balaban J connectivity index is 2.86. The van der Waals surface area contributed by atoms with Crippen LogP contribution in [-0.4, -0.2) is 21.5 Å². The Morgan fingerprint density at radius 3 is 2.71 bits per heavy atom. The van der Waals surface area contributed by atoms with E-state index in [9.17, 15) is 10.2 Å². The van der Waals surface area contributed by atoms with Crippen molar-refractivity contribution < 1.29 is 10.2 Å². The fourth-order valence-corrected chi connectivity index (χ4v) is 1.93. The number of fused-ring (bicyclic) bond motifs is 1.